The highest BCUT2D eigenvalue weighted by Gasteiger charge is 2.33. The maximum absolute atomic E-state index is 14.3. The Kier molecular flexibility index (Phi) is 6.29. The van der Waals surface area contributed by atoms with Gasteiger partial charge in [-0.3, -0.25) is 4.79 Å². The molecule has 6 heteroatoms. The molecule has 1 heterocycles. The van der Waals surface area contributed by atoms with Gasteiger partial charge in [-0.15, -0.1) is 0 Å². The number of nitrogens with zero attached hydrogens (tertiary/aromatic N) is 1. The lowest BCUT2D eigenvalue weighted by Gasteiger charge is -2.28. The lowest BCUT2D eigenvalue weighted by molar-refractivity contribution is -0.133. The minimum absolute atomic E-state index is 0.180. The summed E-state index contributed by atoms with van der Waals surface area (Å²) in [5.74, 6) is -0.406. The molecule has 0 aliphatic carbocycles. The summed E-state index contributed by atoms with van der Waals surface area (Å²) in [7, 11) is 0. The molecule has 0 spiro atoms. The molecule has 0 saturated heterocycles. The molecule has 1 amide bonds. The van der Waals surface area contributed by atoms with Gasteiger partial charge in [-0.05, 0) is 47.8 Å². The first-order valence-corrected chi connectivity index (χ1v) is 10.2. The van der Waals surface area contributed by atoms with Gasteiger partial charge >= 0.3 is 0 Å². The van der Waals surface area contributed by atoms with E-state index in [1.807, 2.05) is 42.7 Å². The first kappa shape index (κ1) is 19.6. The molecule has 2 aromatic rings. The summed E-state index contributed by atoms with van der Waals surface area (Å²) in [4.78, 5) is 14.6. The lowest BCUT2D eigenvalue weighted by Crippen LogP contribution is -2.44. The van der Waals surface area contributed by atoms with E-state index in [1.165, 1.54) is 6.07 Å². The Balaban J connectivity index is 1.94. The Labute approximate surface area is 162 Å². The highest BCUT2D eigenvalue weighted by molar-refractivity contribution is 7.98. The second-order valence-corrected chi connectivity index (χ2v) is 7.51. The molecule has 1 unspecified atom stereocenters. The minimum atomic E-state index is -0.617. The van der Waals surface area contributed by atoms with Crippen LogP contribution in [0.3, 0.4) is 0 Å². The third kappa shape index (κ3) is 4.39. The summed E-state index contributed by atoms with van der Waals surface area (Å²) in [5.41, 5.74) is 7.78. The number of halogens is 2. The van der Waals surface area contributed by atoms with Crippen molar-refractivity contribution in [1.82, 2.24) is 4.90 Å². The number of benzene rings is 2. The van der Waals surface area contributed by atoms with E-state index in [0.29, 0.717) is 12.0 Å². The quantitative estimate of drug-likeness (QED) is 0.813. The number of hydrogen-bond acceptors (Lipinski definition) is 3. The van der Waals surface area contributed by atoms with E-state index in [0.717, 1.165) is 23.4 Å². The molecule has 0 aromatic heterocycles. The fourth-order valence-electron chi connectivity index (χ4n) is 3.26. The number of thioether (sulfide) groups is 1. The van der Waals surface area contributed by atoms with E-state index in [1.54, 1.807) is 16.7 Å². The zero-order valence-electron chi connectivity index (χ0n) is 15.1. The van der Waals surface area contributed by atoms with Crippen LogP contribution in [0.4, 0.5) is 8.78 Å². The fourth-order valence-corrected chi connectivity index (χ4v) is 3.75. The number of rotatable bonds is 6. The van der Waals surface area contributed by atoms with E-state index in [9.17, 15) is 13.6 Å². The van der Waals surface area contributed by atoms with Crippen molar-refractivity contribution in [1.29, 1.82) is 0 Å². The van der Waals surface area contributed by atoms with Crippen LogP contribution in [0.25, 0.3) is 5.57 Å². The Bertz CT molecular complexity index is 841. The second kappa shape index (κ2) is 8.67. The first-order chi connectivity index (χ1) is 13.0. The van der Waals surface area contributed by atoms with E-state index < -0.39 is 17.7 Å². The van der Waals surface area contributed by atoms with E-state index in [4.69, 9.17) is 5.73 Å². The lowest BCUT2D eigenvalue weighted by atomic mass is 10.0. The van der Waals surface area contributed by atoms with Crippen LogP contribution in [-0.4, -0.2) is 35.4 Å². The topological polar surface area (TPSA) is 46.3 Å². The summed E-state index contributed by atoms with van der Waals surface area (Å²) >= 11 is 1.63. The van der Waals surface area contributed by atoms with Crippen molar-refractivity contribution in [3.05, 3.63) is 77.4 Å². The number of carbonyl (C=O) groups is 1. The van der Waals surface area contributed by atoms with Gasteiger partial charge in [0.1, 0.15) is 11.6 Å². The van der Waals surface area contributed by atoms with Crippen molar-refractivity contribution in [2.24, 2.45) is 5.73 Å². The van der Waals surface area contributed by atoms with Gasteiger partial charge in [-0.25, -0.2) is 8.78 Å². The normalized spacial score (nSPS) is 17.7. The van der Waals surface area contributed by atoms with Gasteiger partial charge in [-0.1, -0.05) is 36.4 Å². The largest absolute Gasteiger partial charge is 0.326 e. The highest BCUT2D eigenvalue weighted by Crippen LogP contribution is 2.36. The van der Waals surface area contributed by atoms with Gasteiger partial charge in [0.25, 0.3) is 0 Å². The first-order valence-electron chi connectivity index (χ1n) is 8.77. The summed E-state index contributed by atoms with van der Waals surface area (Å²) in [6.45, 7) is 0.200. The van der Waals surface area contributed by atoms with Crippen LogP contribution in [0.2, 0.25) is 0 Å². The second-order valence-electron chi connectivity index (χ2n) is 6.53. The van der Waals surface area contributed by atoms with Gasteiger partial charge in [0.2, 0.25) is 5.91 Å². The van der Waals surface area contributed by atoms with Crippen LogP contribution in [0.1, 0.15) is 23.6 Å². The smallest absolute Gasteiger partial charge is 0.240 e. The Morgan fingerprint density at radius 2 is 2.00 bits per heavy atom. The molecule has 1 aliphatic rings. The fraction of sp³-hybridized carbons (Fsp3) is 0.286. The monoisotopic (exact) mass is 388 g/mol. The van der Waals surface area contributed by atoms with Gasteiger partial charge in [-0.2, -0.15) is 11.8 Å². The molecular weight excluding hydrogens is 366 g/mol. The molecule has 2 atom stereocenters. The average Bonchev–Trinajstić information content (AvgIpc) is 3.13. The molecule has 1 aliphatic heterocycles. The number of hydrogen-bond donors (Lipinski definition) is 1. The molecule has 142 valence electrons. The van der Waals surface area contributed by atoms with Crippen LogP contribution in [0.5, 0.6) is 0 Å². The van der Waals surface area contributed by atoms with Crippen LogP contribution < -0.4 is 5.73 Å². The molecule has 2 aromatic carbocycles. The molecule has 3 nitrogen and oxygen atoms in total. The molecular formula is C21H22F2N2OS. The zero-order valence-corrected chi connectivity index (χ0v) is 15.9. The van der Waals surface area contributed by atoms with Crippen molar-refractivity contribution in [3.63, 3.8) is 0 Å². The summed E-state index contributed by atoms with van der Waals surface area (Å²) in [6, 6.07) is 11.9. The van der Waals surface area contributed by atoms with Crippen LogP contribution in [0.15, 0.2) is 54.6 Å². The van der Waals surface area contributed by atoms with Crippen molar-refractivity contribution >= 4 is 23.2 Å². The van der Waals surface area contributed by atoms with E-state index in [2.05, 4.69) is 0 Å². The van der Waals surface area contributed by atoms with Crippen molar-refractivity contribution in [2.75, 3.05) is 18.6 Å². The molecule has 0 radical (unpaired) electrons. The van der Waals surface area contributed by atoms with Gasteiger partial charge in [0.15, 0.2) is 0 Å². The predicted octanol–water partition coefficient (Wildman–Crippen LogP) is 4.01. The summed E-state index contributed by atoms with van der Waals surface area (Å²) in [5, 5.41) is 0. The van der Waals surface area contributed by atoms with Crippen molar-refractivity contribution in [2.45, 2.75) is 18.5 Å². The summed E-state index contributed by atoms with van der Waals surface area (Å²) in [6.07, 6.45) is 4.36. The van der Waals surface area contributed by atoms with Crippen LogP contribution in [-0.2, 0) is 4.79 Å². The van der Waals surface area contributed by atoms with Crippen LogP contribution >= 0.6 is 11.8 Å². The predicted molar refractivity (Wildman–Crippen MR) is 106 cm³/mol. The third-order valence-electron chi connectivity index (χ3n) is 4.68. The van der Waals surface area contributed by atoms with E-state index in [-0.39, 0.29) is 24.1 Å². The van der Waals surface area contributed by atoms with Gasteiger partial charge in [0.05, 0.1) is 12.1 Å². The van der Waals surface area contributed by atoms with Gasteiger partial charge in [0, 0.05) is 12.1 Å². The maximum Gasteiger partial charge on any atom is 0.240 e. The summed E-state index contributed by atoms with van der Waals surface area (Å²) < 4.78 is 27.9. The highest BCUT2D eigenvalue weighted by atomic mass is 32.2. The average molecular weight is 388 g/mol. The molecule has 2 N–H and O–H groups in total. The number of nitrogens with two attached hydrogens (primary N) is 1. The molecule has 0 fully saturated rings. The molecule has 27 heavy (non-hydrogen) atoms. The van der Waals surface area contributed by atoms with E-state index >= 15 is 0 Å². The standard InChI is InChI=1S/C21H22F2N2OS/c1-27-10-9-19(24)21(26)25-13-15(17-12-16(22)7-8-18(17)23)11-20(25)14-5-3-2-4-6-14/h2-8,11-12,19-20H,9-10,13,24H2,1H3/t19-,20?/m0/s1. The Hall–Kier alpha value is -2.18. The molecule has 0 bridgehead atoms. The van der Waals surface area contributed by atoms with Crippen molar-refractivity contribution in [3.8, 4) is 0 Å². The Morgan fingerprint density at radius 1 is 1.26 bits per heavy atom. The zero-order chi connectivity index (χ0) is 19.4. The third-order valence-corrected chi connectivity index (χ3v) is 5.33. The van der Waals surface area contributed by atoms with Crippen LogP contribution in [0, 0.1) is 11.6 Å². The number of carbonyl (C=O) groups excluding carboxylic acids is 1. The SMILES string of the molecule is CSCC[C@H](N)C(=O)N1CC(c2cc(F)ccc2F)=CC1c1ccccc1. The molecule has 3 rings (SSSR count). The Morgan fingerprint density at radius 3 is 2.70 bits per heavy atom. The molecule has 0 saturated carbocycles. The van der Waals surface area contributed by atoms with Crippen molar-refractivity contribution < 1.29 is 13.6 Å². The van der Waals surface area contributed by atoms with Gasteiger partial charge < -0.3 is 10.6 Å². The minimum Gasteiger partial charge on any atom is -0.326 e. The number of amides is 1. The maximum atomic E-state index is 14.3.